The number of ether oxygens (including phenoxy) is 2. The molecular weight excluding hydrogens is 398 g/mol. The molecule has 4 rings (SSSR count). The monoisotopic (exact) mass is 423 g/mol. The van der Waals surface area contributed by atoms with E-state index in [-0.39, 0.29) is 30.6 Å². The summed E-state index contributed by atoms with van der Waals surface area (Å²) < 4.78 is 14.1. The van der Waals surface area contributed by atoms with Crippen LogP contribution in [0.15, 0.2) is 41.5 Å². The van der Waals surface area contributed by atoms with E-state index < -0.39 is 5.97 Å². The molecule has 1 atom stereocenters. The van der Waals surface area contributed by atoms with E-state index in [1.54, 1.807) is 24.3 Å². The molecule has 0 aliphatic carbocycles. The predicted molar refractivity (Wildman–Crippen MR) is 114 cm³/mol. The predicted octanol–water partition coefficient (Wildman–Crippen LogP) is 2.42. The Balaban J connectivity index is 1.39. The molecule has 3 heterocycles. The van der Waals surface area contributed by atoms with Crippen molar-refractivity contribution in [3.63, 3.8) is 0 Å². The summed E-state index contributed by atoms with van der Waals surface area (Å²) in [6, 6.07) is 8.73. The number of hydrogen-bond donors (Lipinski definition) is 0. The van der Waals surface area contributed by atoms with E-state index in [2.05, 4.69) is 9.55 Å². The van der Waals surface area contributed by atoms with Crippen LogP contribution in [0, 0.1) is 13.8 Å². The maximum Gasteiger partial charge on any atom is 0.326 e. The smallest absolute Gasteiger partial charge is 0.326 e. The van der Waals surface area contributed by atoms with Gasteiger partial charge in [-0.25, -0.2) is 4.98 Å². The minimum absolute atomic E-state index is 0.166. The maximum atomic E-state index is 12.7. The summed E-state index contributed by atoms with van der Waals surface area (Å²) >= 11 is 0. The van der Waals surface area contributed by atoms with Gasteiger partial charge in [-0.3, -0.25) is 19.0 Å². The average Bonchev–Trinajstić information content (AvgIpc) is 3.38. The molecule has 0 bridgehead atoms. The van der Waals surface area contributed by atoms with E-state index in [0.29, 0.717) is 23.0 Å². The van der Waals surface area contributed by atoms with Crippen LogP contribution in [-0.2, 0) is 27.4 Å². The van der Waals surface area contributed by atoms with E-state index in [0.717, 1.165) is 30.8 Å². The molecule has 3 aromatic rings. The summed E-state index contributed by atoms with van der Waals surface area (Å²) in [6.07, 6.45) is 3.55. The molecule has 8 nitrogen and oxygen atoms in total. The summed E-state index contributed by atoms with van der Waals surface area (Å²) in [6.45, 7) is 4.65. The SMILES string of the molecule is Cc1cc(C(=O)COC(=O)Cn2cnc3ccccc3c2=O)c(C)n1C[C@@H]1CCCO1. The number of fused-ring (bicyclic) bond motifs is 1. The summed E-state index contributed by atoms with van der Waals surface area (Å²) in [5.74, 6) is -0.940. The number of carbonyl (C=O) groups is 2. The van der Waals surface area contributed by atoms with Gasteiger partial charge in [0.2, 0.25) is 5.78 Å². The Bertz CT molecular complexity index is 1190. The molecule has 1 aliphatic rings. The normalized spacial score (nSPS) is 16.0. The Labute approximate surface area is 179 Å². The third-order valence-electron chi connectivity index (χ3n) is 5.68. The lowest BCUT2D eigenvalue weighted by atomic mass is 10.1. The molecule has 2 aromatic heterocycles. The quantitative estimate of drug-likeness (QED) is 0.428. The van der Waals surface area contributed by atoms with Gasteiger partial charge in [-0.1, -0.05) is 12.1 Å². The lowest BCUT2D eigenvalue weighted by molar-refractivity contribution is -0.143. The molecule has 31 heavy (non-hydrogen) atoms. The molecule has 0 amide bonds. The van der Waals surface area contributed by atoms with Crippen LogP contribution in [0.5, 0.6) is 0 Å². The molecule has 0 N–H and O–H groups in total. The summed E-state index contributed by atoms with van der Waals surface area (Å²) in [7, 11) is 0. The molecule has 8 heteroatoms. The zero-order valence-electron chi connectivity index (χ0n) is 17.7. The van der Waals surface area contributed by atoms with Crippen molar-refractivity contribution in [1.82, 2.24) is 14.1 Å². The number of benzene rings is 1. The van der Waals surface area contributed by atoms with Gasteiger partial charge in [-0.2, -0.15) is 0 Å². The molecule has 0 unspecified atom stereocenters. The second kappa shape index (κ2) is 8.85. The van der Waals surface area contributed by atoms with Crippen LogP contribution in [0.4, 0.5) is 0 Å². The number of rotatable bonds is 7. The van der Waals surface area contributed by atoms with E-state index in [1.165, 1.54) is 10.9 Å². The third kappa shape index (κ3) is 4.44. The minimum atomic E-state index is -0.666. The fourth-order valence-electron chi connectivity index (χ4n) is 3.98. The van der Waals surface area contributed by atoms with Crippen molar-refractivity contribution in [1.29, 1.82) is 0 Å². The first kappa shape index (κ1) is 21.0. The van der Waals surface area contributed by atoms with Crippen LogP contribution in [0.25, 0.3) is 10.9 Å². The van der Waals surface area contributed by atoms with Gasteiger partial charge in [-0.15, -0.1) is 0 Å². The number of aryl methyl sites for hydroxylation is 1. The van der Waals surface area contributed by atoms with Gasteiger partial charge >= 0.3 is 5.97 Å². The van der Waals surface area contributed by atoms with Crippen LogP contribution in [0.1, 0.15) is 34.6 Å². The van der Waals surface area contributed by atoms with Gasteiger partial charge in [0.05, 0.1) is 23.3 Å². The number of ketones is 1. The second-order valence-electron chi connectivity index (χ2n) is 7.81. The molecule has 1 saturated heterocycles. The van der Waals surface area contributed by atoms with Crippen LogP contribution in [-0.4, -0.2) is 45.2 Å². The molecule has 0 saturated carbocycles. The van der Waals surface area contributed by atoms with Crippen molar-refractivity contribution >= 4 is 22.7 Å². The zero-order valence-corrected chi connectivity index (χ0v) is 17.7. The Morgan fingerprint density at radius 2 is 2.06 bits per heavy atom. The molecule has 0 radical (unpaired) electrons. The number of Topliss-reactive ketones (excluding diaryl/α,β-unsaturated/α-hetero) is 1. The lowest BCUT2D eigenvalue weighted by Crippen LogP contribution is -2.27. The number of esters is 1. The molecular formula is C23H25N3O5. The van der Waals surface area contributed by atoms with Crippen LogP contribution < -0.4 is 5.56 Å². The van der Waals surface area contributed by atoms with Gasteiger partial charge in [0.15, 0.2) is 6.61 Å². The summed E-state index contributed by atoms with van der Waals surface area (Å²) in [4.78, 5) is 41.6. The topological polar surface area (TPSA) is 92.4 Å². The van der Waals surface area contributed by atoms with Gasteiger partial charge in [0.25, 0.3) is 5.56 Å². The zero-order chi connectivity index (χ0) is 22.0. The van der Waals surface area contributed by atoms with Gasteiger partial charge in [0, 0.05) is 30.1 Å². The fraction of sp³-hybridized carbons (Fsp3) is 0.391. The number of carbonyl (C=O) groups excluding carboxylic acids is 2. The third-order valence-corrected chi connectivity index (χ3v) is 5.68. The molecule has 0 spiro atoms. The second-order valence-corrected chi connectivity index (χ2v) is 7.81. The summed E-state index contributed by atoms with van der Waals surface area (Å²) in [5, 5.41) is 0.424. The first-order valence-electron chi connectivity index (χ1n) is 10.4. The molecule has 1 aliphatic heterocycles. The largest absolute Gasteiger partial charge is 0.456 e. The van der Waals surface area contributed by atoms with Crippen LogP contribution in [0.3, 0.4) is 0 Å². The Hall–Kier alpha value is -3.26. The van der Waals surface area contributed by atoms with Gasteiger partial charge < -0.3 is 14.0 Å². The van der Waals surface area contributed by atoms with Crippen molar-refractivity contribution < 1.29 is 19.1 Å². The first-order chi connectivity index (χ1) is 14.9. The van der Waals surface area contributed by atoms with Gasteiger partial charge in [0.1, 0.15) is 6.54 Å². The standard InChI is InChI=1S/C23H25N3O5/c1-15-10-19(16(2)26(15)11-17-6-5-9-30-17)21(27)13-31-22(28)12-25-14-24-20-8-4-3-7-18(20)23(25)29/h3-4,7-8,10,14,17H,5-6,9,11-13H2,1-2H3/t17-/m0/s1. The highest BCUT2D eigenvalue weighted by Gasteiger charge is 2.22. The van der Waals surface area contributed by atoms with Crippen molar-refractivity contribution in [3.8, 4) is 0 Å². The van der Waals surface area contributed by atoms with E-state index in [9.17, 15) is 14.4 Å². The lowest BCUT2D eigenvalue weighted by Gasteiger charge is -2.14. The highest BCUT2D eigenvalue weighted by Crippen LogP contribution is 2.20. The average molecular weight is 423 g/mol. The van der Waals surface area contributed by atoms with Crippen molar-refractivity contribution in [3.05, 3.63) is 64.0 Å². The van der Waals surface area contributed by atoms with Crippen molar-refractivity contribution in [2.75, 3.05) is 13.2 Å². The highest BCUT2D eigenvalue weighted by molar-refractivity contribution is 5.99. The minimum Gasteiger partial charge on any atom is -0.456 e. The number of nitrogens with zero attached hydrogens (tertiary/aromatic N) is 3. The molecule has 162 valence electrons. The Morgan fingerprint density at radius 1 is 1.26 bits per heavy atom. The van der Waals surface area contributed by atoms with Crippen molar-refractivity contribution in [2.45, 2.75) is 45.9 Å². The van der Waals surface area contributed by atoms with Crippen LogP contribution in [0.2, 0.25) is 0 Å². The summed E-state index contributed by atoms with van der Waals surface area (Å²) in [5.41, 5.74) is 2.57. The number of para-hydroxylation sites is 1. The number of aromatic nitrogens is 3. The highest BCUT2D eigenvalue weighted by atomic mass is 16.5. The fourth-order valence-corrected chi connectivity index (χ4v) is 3.98. The molecule has 1 fully saturated rings. The Morgan fingerprint density at radius 3 is 2.84 bits per heavy atom. The van der Waals surface area contributed by atoms with Crippen molar-refractivity contribution in [2.24, 2.45) is 0 Å². The number of hydrogen-bond acceptors (Lipinski definition) is 6. The first-order valence-corrected chi connectivity index (χ1v) is 10.4. The van der Waals surface area contributed by atoms with E-state index in [1.807, 2.05) is 19.9 Å². The van der Waals surface area contributed by atoms with E-state index in [4.69, 9.17) is 9.47 Å². The maximum absolute atomic E-state index is 12.7. The van der Waals surface area contributed by atoms with E-state index >= 15 is 0 Å². The Kier molecular flexibility index (Phi) is 5.99. The van der Waals surface area contributed by atoms with Crippen LogP contribution >= 0.6 is 0 Å². The molecule has 1 aromatic carbocycles. The van der Waals surface area contributed by atoms with Gasteiger partial charge in [-0.05, 0) is 44.9 Å².